The molecule has 0 N–H and O–H groups in total. The van der Waals surface area contributed by atoms with E-state index < -0.39 is 0 Å². The summed E-state index contributed by atoms with van der Waals surface area (Å²) in [6, 6.07) is 14.3. The molecule has 0 aromatic heterocycles. The van der Waals surface area contributed by atoms with Crippen LogP contribution in [0.25, 0.3) is 0 Å². The molecule has 0 amide bonds. The maximum absolute atomic E-state index is 3.58. The normalized spacial score (nSPS) is 19.6. The number of rotatable bonds is 1. The van der Waals surface area contributed by atoms with Gasteiger partial charge in [0.1, 0.15) is 0 Å². The minimum absolute atomic E-state index is 0. The Kier molecular flexibility index (Phi) is 5.09. The van der Waals surface area contributed by atoms with Gasteiger partial charge in [0.15, 0.2) is 0 Å². The molecule has 1 aliphatic heterocycles. The first-order valence-corrected chi connectivity index (χ1v) is 9.72. The second-order valence-electron chi connectivity index (χ2n) is 8.64. The molecule has 141 valence electrons. The molecule has 4 rings (SSSR count). The number of fused-ring (bicyclic) bond motifs is 2. The molecule has 1 radical (unpaired) electrons. The molecule has 2 nitrogen and oxygen atoms in total. The standard InChI is InChI=1S/C22H25BrN2.Ir/c1-21(2)9-10-22(3,4)18-13-20-19(12-17(18)21)24(5)14-25(20)16-8-6-7-15(23)11-16;/h6-7,11-14H,9-10H2,1-5H3;/q-2;. The molecule has 0 spiro atoms. The molecule has 0 saturated carbocycles. The van der Waals surface area contributed by atoms with Gasteiger partial charge in [-0.2, -0.15) is 24.9 Å². The third-order valence-electron chi connectivity index (χ3n) is 5.88. The quantitative estimate of drug-likeness (QED) is 0.361. The average molecular weight is 590 g/mol. The average Bonchev–Trinajstić information content (AvgIpc) is 2.88. The molecule has 2 aliphatic rings. The topological polar surface area (TPSA) is 6.48 Å². The van der Waals surface area contributed by atoms with E-state index in [0.717, 1.165) is 10.2 Å². The maximum Gasteiger partial charge on any atom is 0.0329 e. The summed E-state index contributed by atoms with van der Waals surface area (Å²) in [5.41, 5.74) is 7.03. The van der Waals surface area contributed by atoms with Crippen molar-refractivity contribution in [2.75, 3.05) is 16.8 Å². The van der Waals surface area contributed by atoms with Crippen molar-refractivity contribution in [2.45, 2.75) is 51.4 Å². The van der Waals surface area contributed by atoms with Crippen LogP contribution in [0, 0.1) is 12.7 Å². The van der Waals surface area contributed by atoms with Gasteiger partial charge < -0.3 is 9.80 Å². The van der Waals surface area contributed by atoms with Gasteiger partial charge in [-0.25, -0.2) is 0 Å². The first-order valence-electron chi connectivity index (χ1n) is 8.92. The van der Waals surface area contributed by atoms with Gasteiger partial charge in [-0.3, -0.25) is 0 Å². The first kappa shape index (κ1) is 19.9. The smallest absolute Gasteiger partial charge is 0.0329 e. The van der Waals surface area contributed by atoms with Gasteiger partial charge >= 0.3 is 0 Å². The fraction of sp³-hybridized carbons (Fsp3) is 0.409. The van der Waals surface area contributed by atoms with Gasteiger partial charge in [-0.15, -0.1) is 11.8 Å². The minimum atomic E-state index is 0. The minimum Gasteiger partial charge on any atom is -0.504 e. The van der Waals surface area contributed by atoms with Crippen LogP contribution in [0.1, 0.15) is 51.7 Å². The van der Waals surface area contributed by atoms with Crippen LogP contribution in [0.2, 0.25) is 0 Å². The zero-order valence-electron chi connectivity index (χ0n) is 16.0. The van der Waals surface area contributed by atoms with Crippen LogP contribution in [-0.4, -0.2) is 7.05 Å². The number of nitrogens with zero attached hydrogens (tertiary/aromatic N) is 2. The Balaban J connectivity index is 0.00000196. The number of halogens is 1. The Labute approximate surface area is 179 Å². The fourth-order valence-corrected chi connectivity index (χ4v) is 4.47. The molecule has 4 heteroatoms. The molecule has 1 aliphatic carbocycles. The van der Waals surface area contributed by atoms with Crippen molar-refractivity contribution in [3.05, 3.63) is 58.7 Å². The van der Waals surface area contributed by atoms with Gasteiger partial charge in [0.25, 0.3) is 0 Å². The van der Waals surface area contributed by atoms with Gasteiger partial charge in [0.2, 0.25) is 0 Å². The predicted molar refractivity (Wildman–Crippen MR) is 110 cm³/mol. The predicted octanol–water partition coefficient (Wildman–Crippen LogP) is 6.30. The van der Waals surface area contributed by atoms with E-state index in [2.05, 4.69) is 91.4 Å². The van der Waals surface area contributed by atoms with Crippen LogP contribution < -0.4 is 9.80 Å². The molecule has 0 bridgehead atoms. The number of benzene rings is 2. The van der Waals surface area contributed by atoms with Crippen molar-refractivity contribution in [2.24, 2.45) is 0 Å². The summed E-state index contributed by atoms with van der Waals surface area (Å²) in [7, 11) is 2.13. The summed E-state index contributed by atoms with van der Waals surface area (Å²) in [6.07, 6.45) is 2.47. The van der Waals surface area contributed by atoms with Gasteiger partial charge in [0.05, 0.1) is 0 Å². The molecule has 1 heterocycles. The summed E-state index contributed by atoms with van der Waals surface area (Å²) < 4.78 is 1.07. The van der Waals surface area contributed by atoms with E-state index in [0.29, 0.717) is 0 Å². The fourth-order valence-electron chi connectivity index (χ4n) is 4.12. The van der Waals surface area contributed by atoms with Crippen molar-refractivity contribution < 1.29 is 20.1 Å². The molecule has 0 unspecified atom stereocenters. The molecule has 2 aromatic rings. The van der Waals surface area contributed by atoms with Crippen LogP contribution in [-0.2, 0) is 30.9 Å². The van der Waals surface area contributed by atoms with Crippen molar-refractivity contribution in [3.63, 3.8) is 0 Å². The SMILES string of the molecule is CN1[CH-]N(c2[c-]ccc(Br)c2)c2cc3c(cc21)C(C)(C)CCC3(C)C.[Ir]. The Morgan fingerprint density at radius 3 is 2.15 bits per heavy atom. The molecule has 0 saturated heterocycles. The zero-order chi connectivity index (χ0) is 18.0. The van der Waals surface area contributed by atoms with Gasteiger partial charge in [0, 0.05) is 31.5 Å². The van der Waals surface area contributed by atoms with Gasteiger partial charge in [-0.05, 0) is 54.0 Å². The summed E-state index contributed by atoms with van der Waals surface area (Å²) in [4.78, 5) is 4.47. The summed E-state index contributed by atoms with van der Waals surface area (Å²) in [5.74, 6) is 0. The van der Waals surface area contributed by atoms with E-state index in [1.54, 1.807) is 0 Å². The van der Waals surface area contributed by atoms with E-state index >= 15 is 0 Å². The number of hydrogen-bond acceptors (Lipinski definition) is 2. The van der Waals surface area contributed by atoms with E-state index in [1.165, 1.54) is 35.3 Å². The van der Waals surface area contributed by atoms with Crippen LogP contribution in [0.3, 0.4) is 0 Å². The number of hydrogen-bond donors (Lipinski definition) is 0. The second kappa shape index (κ2) is 6.65. The monoisotopic (exact) mass is 589 g/mol. The van der Waals surface area contributed by atoms with E-state index in [4.69, 9.17) is 0 Å². The molecular formula is C22H25BrIrN2-2. The molecule has 2 aromatic carbocycles. The third kappa shape index (κ3) is 3.15. The van der Waals surface area contributed by atoms with Gasteiger partial charge in [-0.1, -0.05) is 48.1 Å². The molecule has 26 heavy (non-hydrogen) atoms. The van der Waals surface area contributed by atoms with Crippen LogP contribution >= 0.6 is 15.9 Å². The third-order valence-corrected chi connectivity index (χ3v) is 6.38. The molecule has 0 atom stereocenters. The van der Waals surface area contributed by atoms with E-state index in [1.807, 2.05) is 12.1 Å². The number of anilines is 3. The van der Waals surface area contributed by atoms with Crippen molar-refractivity contribution >= 4 is 33.0 Å². The van der Waals surface area contributed by atoms with E-state index in [9.17, 15) is 0 Å². The van der Waals surface area contributed by atoms with E-state index in [-0.39, 0.29) is 30.9 Å². The van der Waals surface area contributed by atoms with Crippen molar-refractivity contribution in [1.82, 2.24) is 0 Å². The Morgan fingerprint density at radius 1 is 1.00 bits per heavy atom. The summed E-state index contributed by atoms with van der Waals surface area (Å²) in [6.45, 7) is 11.7. The summed E-state index contributed by atoms with van der Waals surface area (Å²) >= 11 is 3.58. The van der Waals surface area contributed by atoms with Crippen LogP contribution in [0.5, 0.6) is 0 Å². The van der Waals surface area contributed by atoms with Crippen molar-refractivity contribution in [1.29, 1.82) is 0 Å². The van der Waals surface area contributed by atoms with Crippen LogP contribution in [0.15, 0.2) is 34.8 Å². The molecule has 0 fully saturated rings. The zero-order valence-corrected chi connectivity index (χ0v) is 20.0. The van der Waals surface area contributed by atoms with Crippen LogP contribution in [0.4, 0.5) is 17.1 Å². The summed E-state index contributed by atoms with van der Waals surface area (Å²) in [5, 5.41) is 0. The Bertz CT molecular complexity index is 844. The maximum atomic E-state index is 3.58. The Morgan fingerprint density at radius 2 is 1.58 bits per heavy atom. The first-order chi connectivity index (χ1) is 11.7. The second-order valence-corrected chi connectivity index (χ2v) is 9.56. The van der Waals surface area contributed by atoms with Crippen molar-refractivity contribution in [3.8, 4) is 0 Å². The largest absolute Gasteiger partial charge is 0.504 e. The molecular weight excluding hydrogens is 564 g/mol. The Hall–Kier alpha value is -0.831.